The van der Waals surface area contributed by atoms with E-state index in [1.165, 1.54) is 0 Å². The Kier molecular flexibility index (Phi) is 3.75. The maximum absolute atomic E-state index is 10.7. The molecule has 3 nitrogen and oxygen atoms in total. The molecule has 1 rings (SSSR count). The molecule has 1 saturated carbocycles. The lowest BCUT2D eigenvalue weighted by atomic mass is 9.64. The Balaban J connectivity index is 3.00. The highest BCUT2D eigenvalue weighted by Crippen LogP contribution is 2.45. The molecule has 0 heterocycles. The summed E-state index contributed by atoms with van der Waals surface area (Å²) in [5.74, 6) is 0. The van der Waals surface area contributed by atoms with E-state index in [0.29, 0.717) is 12.8 Å². The Morgan fingerprint density at radius 2 is 2.27 bits per heavy atom. The lowest BCUT2D eigenvalue weighted by Gasteiger charge is -2.47. The zero-order valence-electron chi connectivity index (χ0n) is 9.92. The average Bonchev–Trinajstić information content (AvgIpc) is 2.28. The standard InChI is InChI=1S/C12H21NO2/c1-4-11(2,9-13)12(14)8-6-5-7-10(12)15-3/h10,14H,4-8H2,1-3H3. The zero-order chi connectivity index (χ0) is 11.5. The van der Waals surface area contributed by atoms with Crippen molar-refractivity contribution in [2.75, 3.05) is 7.11 Å². The first-order valence-electron chi connectivity index (χ1n) is 5.70. The topological polar surface area (TPSA) is 53.2 Å². The van der Waals surface area contributed by atoms with E-state index in [2.05, 4.69) is 6.07 Å². The van der Waals surface area contributed by atoms with Crippen LogP contribution in [0, 0.1) is 16.7 Å². The van der Waals surface area contributed by atoms with Crippen molar-refractivity contribution in [2.24, 2.45) is 5.41 Å². The molecule has 1 aliphatic carbocycles. The summed E-state index contributed by atoms with van der Waals surface area (Å²) >= 11 is 0. The van der Waals surface area contributed by atoms with Crippen LogP contribution in [0.15, 0.2) is 0 Å². The molecule has 0 aromatic rings. The first-order chi connectivity index (χ1) is 7.04. The quantitative estimate of drug-likeness (QED) is 0.779. The second-order valence-electron chi connectivity index (χ2n) is 4.69. The van der Waals surface area contributed by atoms with E-state index in [1.807, 2.05) is 13.8 Å². The molecule has 0 spiro atoms. The summed E-state index contributed by atoms with van der Waals surface area (Å²) in [6.45, 7) is 3.78. The fourth-order valence-electron chi connectivity index (χ4n) is 2.55. The van der Waals surface area contributed by atoms with Crippen molar-refractivity contribution in [3.63, 3.8) is 0 Å². The van der Waals surface area contributed by atoms with E-state index in [0.717, 1.165) is 19.3 Å². The van der Waals surface area contributed by atoms with E-state index in [9.17, 15) is 10.4 Å². The second kappa shape index (κ2) is 4.51. The van der Waals surface area contributed by atoms with Crippen molar-refractivity contribution in [1.82, 2.24) is 0 Å². The van der Waals surface area contributed by atoms with Gasteiger partial charge in [-0.15, -0.1) is 0 Å². The van der Waals surface area contributed by atoms with Crippen LogP contribution in [0.5, 0.6) is 0 Å². The van der Waals surface area contributed by atoms with Gasteiger partial charge in [0.15, 0.2) is 0 Å². The van der Waals surface area contributed by atoms with Gasteiger partial charge in [-0.1, -0.05) is 19.8 Å². The van der Waals surface area contributed by atoms with Crippen molar-refractivity contribution in [1.29, 1.82) is 5.26 Å². The summed E-state index contributed by atoms with van der Waals surface area (Å²) in [7, 11) is 1.62. The number of methoxy groups -OCH3 is 1. The number of hydrogen-bond donors (Lipinski definition) is 1. The number of hydrogen-bond acceptors (Lipinski definition) is 3. The van der Waals surface area contributed by atoms with Gasteiger partial charge in [0.2, 0.25) is 0 Å². The predicted octanol–water partition coefficient (Wildman–Crippen LogP) is 2.25. The molecule has 0 saturated heterocycles. The molecule has 0 aliphatic heterocycles. The van der Waals surface area contributed by atoms with Gasteiger partial charge in [-0.2, -0.15) is 5.26 Å². The highest BCUT2D eigenvalue weighted by Gasteiger charge is 2.52. The third kappa shape index (κ3) is 1.89. The maximum atomic E-state index is 10.7. The van der Waals surface area contributed by atoms with Gasteiger partial charge in [0.1, 0.15) is 5.60 Å². The minimum absolute atomic E-state index is 0.198. The molecule has 3 unspecified atom stereocenters. The van der Waals surface area contributed by atoms with Gasteiger partial charge in [0.05, 0.1) is 17.6 Å². The van der Waals surface area contributed by atoms with Crippen LogP contribution < -0.4 is 0 Å². The summed E-state index contributed by atoms with van der Waals surface area (Å²) in [5, 5.41) is 20.0. The Bertz CT molecular complexity index is 261. The van der Waals surface area contributed by atoms with Crippen LogP contribution in [-0.4, -0.2) is 23.9 Å². The summed E-state index contributed by atoms with van der Waals surface area (Å²) in [6, 6.07) is 2.27. The molecule has 3 heteroatoms. The first-order valence-corrected chi connectivity index (χ1v) is 5.70. The minimum Gasteiger partial charge on any atom is -0.386 e. The summed E-state index contributed by atoms with van der Waals surface area (Å²) < 4.78 is 5.36. The van der Waals surface area contributed by atoms with E-state index < -0.39 is 11.0 Å². The van der Waals surface area contributed by atoms with Gasteiger partial charge < -0.3 is 9.84 Å². The molecule has 15 heavy (non-hydrogen) atoms. The van der Waals surface area contributed by atoms with Crippen LogP contribution in [0.4, 0.5) is 0 Å². The largest absolute Gasteiger partial charge is 0.386 e. The normalized spacial score (nSPS) is 35.5. The van der Waals surface area contributed by atoms with E-state index >= 15 is 0 Å². The fourth-order valence-corrected chi connectivity index (χ4v) is 2.55. The maximum Gasteiger partial charge on any atom is 0.109 e. The van der Waals surface area contributed by atoms with Gasteiger partial charge in [-0.05, 0) is 26.2 Å². The lowest BCUT2D eigenvalue weighted by Crippen LogP contribution is -2.56. The van der Waals surface area contributed by atoms with Crippen LogP contribution in [0.1, 0.15) is 46.0 Å². The monoisotopic (exact) mass is 211 g/mol. The van der Waals surface area contributed by atoms with Crippen LogP contribution in [0.3, 0.4) is 0 Å². The van der Waals surface area contributed by atoms with E-state index in [1.54, 1.807) is 7.11 Å². The van der Waals surface area contributed by atoms with Gasteiger partial charge in [-0.25, -0.2) is 0 Å². The number of aliphatic hydroxyl groups is 1. The Morgan fingerprint density at radius 1 is 1.60 bits per heavy atom. The molecular formula is C12H21NO2. The third-order valence-electron chi connectivity index (χ3n) is 4.00. The summed E-state index contributed by atoms with van der Waals surface area (Å²) in [4.78, 5) is 0. The molecular weight excluding hydrogens is 190 g/mol. The number of nitrogens with zero attached hydrogens (tertiary/aromatic N) is 1. The van der Waals surface area contributed by atoms with Crippen molar-refractivity contribution in [3.8, 4) is 6.07 Å². The molecule has 1 N–H and O–H groups in total. The van der Waals surface area contributed by atoms with Crippen LogP contribution in [-0.2, 0) is 4.74 Å². The molecule has 0 aromatic heterocycles. The SMILES string of the molecule is CCC(C)(C#N)C1(O)CCCCC1OC. The van der Waals surface area contributed by atoms with Crippen LogP contribution >= 0.6 is 0 Å². The van der Waals surface area contributed by atoms with Crippen LogP contribution in [0.2, 0.25) is 0 Å². The Morgan fingerprint density at radius 3 is 2.73 bits per heavy atom. The molecule has 0 aromatic carbocycles. The minimum atomic E-state index is -0.983. The van der Waals surface area contributed by atoms with E-state index in [-0.39, 0.29) is 6.10 Å². The van der Waals surface area contributed by atoms with Gasteiger partial charge >= 0.3 is 0 Å². The Hall–Kier alpha value is -0.590. The molecule has 86 valence electrons. The molecule has 0 bridgehead atoms. The molecule has 0 amide bonds. The second-order valence-corrected chi connectivity index (χ2v) is 4.69. The van der Waals surface area contributed by atoms with Crippen molar-refractivity contribution < 1.29 is 9.84 Å². The highest BCUT2D eigenvalue weighted by molar-refractivity contribution is 5.12. The third-order valence-corrected chi connectivity index (χ3v) is 4.00. The Labute approximate surface area is 92.0 Å². The zero-order valence-corrected chi connectivity index (χ0v) is 9.92. The summed E-state index contributed by atoms with van der Waals surface area (Å²) in [6.07, 6.45) is 4.03. The number of ether oxygens (including phenoxy) is 1. The highest BCUT2D eigenvalue weighted by atomic mass is 16.5. The molecule has 1 aliphatic rings. The number of rotatable bonds is 3. The molecule has 1 fully saturated rings. The van der Waals surface area contributed by atoms with E-state index in [4.69, 9.17) is 4.74 Å². The molecule has 3 atom stereocenters. The number of nitriles is 1. The van der Waals surface area contributed by atoms with Crippen molar-refractivity contribution in [2.45, 2.75) is 57.7 Å². The molecule has 0 radical (unpaired) electrons. The predicted molar refractivity (Wildman–Crippen MR) is 58.2 cm³/mol. The lowest BCUT2D eigenvalue weighted by molar-refractivity contribution is -0.167. The average molecular weight is 211 g/mol. The fraction of sp³-hybridized carbons (Fsp3) is 0.917. The van der Waals surface area contributed by atoms with Gasteiger partial charge in [-0.3, -0.25) is 0 Å². The smallest absolute Gasteiger partial charge is 0.109 e. The van der Waals surface area contributed by atoms with Crippen LogP contribution in [0.25, 0.3) is 0 Å². The summed E-state index contributed by atoms with van der Waals surface area (Å²) in [5.41, 5.74) is -1.68. The van der Waals surface area contributed by atoms with Gasteiger partial charge in [0, 0.05) is 7.11 Å². The van der Waals surface area contributed by atoms with Crippen molar-refractivity contribution in [3.05, 3.63) is 0 Å². The first kappa shape index (κ1) is 12.5. The van der Waals surface area contributed by atoms with Crippen molar-refractivity contribution >= 4 is 0 Å². The van der Waals surface area contributed by atoms with Gasteiger partial charge in [0.25, 0.3) is 0 Å².